The molecule has 4 rings (SSSR count). The summed E-state index contributed by atoms with van der Waals surface area (Å²) in [6, 6.07) is 12.2. The molecule has 0 amide bonds. The van der Waals surface area contributed by atoms with Crippen LogP contribution >= 0.6 is 35.3 Å². The van der Waals surface area contributed by atoms with Gasteiger partial charge in [-0.1, -0.05) is 11.6 Å². The molecule has 2 aromatic heterocycles. The van der Waals surface area contributed by atoms with Crippen molar-refractivity contribution in [1.29, 1.82) is 0 Å². The first kappa shape index (κ1) is 14.4. The Kier molecular flexibility index (Phi) is 3.93. The monoisotopic (exact) mass is 338 g/mol. The van der Waals surface area contributed by atoms with Crippen molar-refractivity contribution >= 4 is 52.1 Å². The molecule has 3 aromatic rings. The molecule has 0 saturated carbocycles. The number of hydrogen-bond acceptors (Lipinski definition) is 4. The Balaban J connectivity index is 0.00000132. The van der Waals surface area contributed by atoms with Crippen LogP contribution in [0.2, 0.25) is 4.34 Å². The summed E-state index contributed by atoms with van der Waals surface area (Å²) < 4.78 is 6.64. The highest BCUT2D eigenvalue weighted by Gasteiger charge is 2.14. The van der Waals surface area contributed by atoms with Gasteiger partial charge >= 0.3 is 0 Å². The third kappa shape index (κ3) is 2.67. The maximum absolute atomic E-state index is 5.99. The Hall–Kier alpha value is -1.49. The Morgan fingerprint density at radius 1 is 1.19 bits per heavy atom. The van der Waals surface area contributed by atoms with Crippen molar-refractivity contribution in [3.05, 3.63) is 46.5 Å². The molecule has 0 aliphatic carbocycles. The van der Waals surface area contributed by atoms with Crippen LogP contribution in [0.4, 0.5) is 0 Å². The van der Waals surface area contributed by atoms with E-state index in [1.807, 2.05) is 24.3 Å². The molecular formula is C15H12Cl2N2OS. The normalized spacial score (nSPS) is 13.9. The minimum absolute atomic E-state index is 0. The second kappa shape index (κ2) is 5.72. The van der Waals surface area contributed by atoms with Gasteiger partial charge in [0.1, 0.15) is 5.58 Å². The van der Waals surface area contributed by atoms with Crippen molar-refractivity contribution in [3.8, 4) is 10.4 Å². The molecule has 1 N–H and O–H groups in total. The number of nitrogens with one attached hydrogen (secondary N) is 1. The van der Waals surface area contributed by atoms with E-state index in [1.54, 1.807) is 11.3 Å². The van der Waals surface area contributed by atoms with Crippen LogP contribution in [0.25, 0.3) is 21.4 Å². The van der Waals surface area contributed by atoms with Crippen molar-refractivity contribution in [1.82, 2.24) is 5.32 Å². The van der Waals surface area contributed by atoms with Crippen molar-refractivity contribution in [2.75, 3.05) is 13.1 Å². The van der Waals surface area contributed by atoms with Gasteiger partial charge in [0.2, 0.25) is 0 Å². The summed E-state index contributed by atoms with van der Waals surface area (Å²) in [7, 11) is 0. The molecule has 0 atom stereocenters. The first-order chi connectivity index (χ1) is 9.79. The fourth-order valence-corrected chi connectivity index (χ4v) is 3.39. The summed E-state index contributed by atoms with van der Waals surface area (Å²) in [4.78, 5) is 5.54. The van der Waals surface area contributed by atoms with Crippen LogP contribution in [-0.4, -0.2) is 18.9 Å². The van der Waals surface area contributed by atoms with Crippen LogP contribution in [0.3, 0.4) is 0 Å². The van der Waals surface area contributed by atoms with E-state index in [1.165, 1.54) is 0 Å². The highest BCUT2D eigenvalue weighted by atomic mass is 35.5. The highest BCUT2D eigenvalue weighted by Crippen LogP contribution is 2.33. The predicted molar refractivity (Wildman–Crippen MR) is 91.2 cm³/mol. The Morgan fingerprint density at radius 3 is 2.81 bits per heavy atom. The van der Waals surface area contributed by atoms with Crippen LogP contribution in [0.5, 0.6) is 0 Å². The second-order valence-corrected chi connectivity index (χ2v) is 6.34. The largest absolute Gasteiger partial charge is 0.453 e. The number of benzene rings is 1. The number of rotatable bonds is 2. The fourth-order valence-electron chi connectivity index (χ4n) is 2.35. The van der Waals surface area contributed by atoms with Crippen molar-refractivity contribution in [3.63, 3.8) is 0 Å². The Morgan fingerprint density at radius 2 is 2.10 bits per heavy atom. The van der Waals surface area contributed by atoms with Crippen LogP contribution in [-0.2, 0) is 0 Å². The molecule has 1 aromatic carbocycles. The van der Waals surface area contributed by atoms with Crippen LogP contribution in [0.1, 0.15) is 5.76 Å². The van der Waals surface area contributed by atoms with Gasteiger partial charge < -0.3 is 9.73 Å². The van der Waals surface area contributed by atoms with Crippen molar-refractivity contribution in [2.45, 2.75) is 0 Å². The molecular weight excluding hydrogens is 327 g/mol. The van der Waals surface area contributed by atoms with Gasteiger partial charge in [-0.25, -0.2) is 0 Å². The summed E-state index contributed by atoms with van der Waals surface area (Å²) in [6.07, 6.45) is 0. The maximum Gasteiger partial charge on any atom is 0.170 e. The van der Waals surface area contributed by atoms with E-state index in [9.17, 15) is 0 Å². The topological polar surface area (TPSA) is 37.5 Å². The van der Waals surface area contributed by atoms with E-state index in [4.69, 9.17) is 16.0 Å². The zero-order valence-corrected chi connectivity index (χ0v) is 13.3. The third-order valence-electron chi connectivity index (χ3n) is 3.28. The molecule has 0 bridgehead atoms. The van der Waals surface area contributed by atoms with Gasteiger partial charge in [-0.2, -0.15) is 0 Å². The summed E-state index contributed by atoms with van der Waals surface area (Å²) in [5.41, 5.74) is 2.03. The molecule has 3 nitrogen and oxygen atoms in total. The molecule has 1 aliphatic heterocycles. The van der Waals surface area contributed by atoms with E-state index in [2.05, 4.69) is 22.4 Å². The van der Waals surface area contributed by atoms with Gasteiger partial charge in [0.05, 0.1) is 10.9 Å². The first-order valence-corrected chi connectivity index (χ1v) is 7.57. The predicted octanol–water partition coefficient (Wildman–Crippen LogP) is 4.59. The molecule has 0 fully saturated rings. The van der Waals surface area contributed by atoms with E-state index in [0.29, 0.717) is 0 Å². The molecule has 6 heteroatoms. The molecule has 3 heterocycles. The molecule has 0 radical (unpaired) electrons. The summed E-state index contributed by atoms with van der Waals surface area (Å²) in [5.74, 6) is 1.65. The summed E-state index contributed by atoms with van der Waals surface area (Å²) in [6.45, 7) is 1.69. The number of halogens is 2. The smallest absolute Gasteiger partial charge is 0.170 e. The van der Waals surface area contributed by atoms with E-state index < -0.39 is 0 Å². The molecule has 108 valence electrons. The first-order valence-electron chi connectivity index (χ1n) is 6.37. The zero-order chi connectivity index (χ0) is 13.5. The number of amidine groups is 1. The van der Waals surface area contributed by atoms with Gasteiger partial charge in [0, 0.05) is 16.8 Å². The minimum atomic E-state index is 0. The zero-order valence-electron chi connectivity index (χ0n) is 10.9. The standard InChI is InChI=1S/C15H11ClN2OS.ClH/c16-14-4-3-13(20-14)9-1-2-11-10(7-9)8-12(19-11)15-17-5-6-18-15;/h1-4,7-8H,5-6H2,(H,17,18);1H. The van der Waals surface area contributed by atoms with E-state index in [0.717, 1.165) is 50.4 Å². The van der Waals surface area contributed by atoms with Crippen molar-refractivity contribution in [2.24, 2.45) is 4.99 Å². The number of nitrogens with zero attached hydrogens (tertiary/aromatic N) is 1. The lowest BCUT2D eigenvalue weighted by molar-refractivity contribution is 0.602. The van der Waals surface area contributed by atoms with Crippen LogP contribution in [0, 0.1) is 0 Å². The van der Waals surface area contributed by atoms with Gasteiger partial charge in [0.25, 0.3) is 0 Å². The average Bonchev–Trinajstić information content (AvgIpc) is 3.17. The molecule has 0 spiro atoms. The lowest BCUT2D eigenvalue weighted by Gasteiger charge is -1.96. The molecule has 1 aliphatic rings. The second-order valence-electron chi connectivity index (χ2n) is 4.62. The Bertz CT molecular complexity index is 822. The number of hydrogen-bond donors (Lipinski definition) is 1. The van der Waals surface area contributed by atoms with Crippen LogP contribution < -0.4 is 5.32 Å². The molecule has 0 saturated heterocycles. The summed E-state index contributed by atoms with van der Waals surface area (Å²) >= 11 is 7.57. The fraction of sp³-hybridized carbons (Fsp3) is 0.133. The number of thiophene rings is 1. The lowest BCUT2D eigenvalue weighted by Crippen LogP contribution is -2.18. The quantitative estimate of drug-likeness (QED) is 0.742. The molecule has 21 heavy (non-hydrogen) atoms. The van der Waals surface area contributed by atoms with Crippen molar-refractivity contribution < 1.29 is 4.42 Å². The van der Waals surface area contributed by atoms with Gasteiger partial charge in [0.15, 0.2) is 11.6 Å². The number of fused-ring (bicyclic) bond motifs is 1. The number of furan rings is 1. The van der Waals surface area contributed by atoms with Gasteiger partial charge in [-0.15, -0.1) is 23.7 Å². The Labute approximate surface area is 137 Å². The maximum atomic E-state index is 5.99. The third-order valence-corrected chi connectivity index (χ3v) is 4.56. The van der Waals surface area contributed by atoms with E-state index >= 15 is 0 Å². The average molecular weight is 339 g/mol. The minimum Gasteiger partial charge on any atom is -0.453 e. The van der Waals surface area contributed by atoms with Crippen LogP contribution in [0.15, 0.2) is 45.8 Å². The SMILES string of the molecule is Cl.Clc1ccc(-c2ccc3oc(C4=NCCN4)cc3c2)s1. The highest BCUT2D eigenvalue weighted by molar-refractivity contribution is 7.19. The summed E-state index contributed by atoms with van der Waals surface area (Å²) in [5, 5.41) is 4.31. The lowest BCUT2D eigenvalue weighted by atomic mass is 10.1. The molecule has 0 unspecified atom stereocenters. The van der Waals surface area contributed by atoms with Gasteiger partial charge in [-0.05, 0) is 42.0 Å². The van der Waals surface area contributed by atoms with Gasteiger partial charge in [-0.3, -0.25) is 4.99 Å². The van der Waals surface area contributed by atoms with E-state index in [-0.39, 0.29) is 12.4 Å². The number of aliphatic imine (C=N–C) groups is 1.